The van der Waals surface area contributed by atoms with Gasteiger partial charge in [0.2, 0.25) is 0 Å². The molecule has 0 aliphatic carbocycles. The predicted molar refractivity (Wildman–Crippen MR) is 154 cm³/mol. The quantitative estimate of drug-likeness (QED) is 0.200. The van der Waals surface area contributed by atoms with Crippen LogP contribution in [0.2, 0.25) is 0 Å². The lowest BCUT2D eigenvalue weighted by Gasteiger charge is -2.34. The Kier molecular flexibility index (Phi) is 7.25. The zero-order valence-electron chi connectivity index (χ0n) is 22.6. The van der Waals surface area contributed by atoms with Crippen LogP contribution >= 0.6 is 11.3 Å². The Morgan fingerprint density at radius 3 is 2.51 bits per heavy atom. The van der Waals surface area contributed by atoms with Crippen LogP contribution in [-0.4, -0.2) is 33.7 Å². The number of nitrogens with one attached hydrogen (secondary N) is 1. The summed E-state index contributed by atoms with van der Waals surface area (Å²) in [5.41, 5.74) is 5.60. The molecule has 0 fully saturated rings. The van der Waals surface area contributed by atoms with Crippen molar-refractivity contribution in [1.82, 2.24) is 9.97 Å². The van der Waals surface area contributed by atoms with Crippen molar-refractivity contribution in [1.29, 1.82) is 0 Å². The molecule has 0 radical (unpaired) electrons. The number of rotatable bonds is 7. The Balaban J connectivity index is 1.59. The van der Waals surface area contributed by atoms with Gasteiger partial charge in [0.05, 0.1) is 24.3 Å². The Morgan fingerprint density at radius 2 is 1.82 bits per heavy atom. The van der Waals surface area contributed by atoms with Crippen LogP contribution in [0, 0.1) is 6.92 Å². The first-order valence-corrected chi connectivity index (χ1v) is 13.5. The monoisotopic (exact) mass is 541 g/mol. The standard InChI is InChI=1S/C31H31N3O4S/c1-18-14-31(3,4)34-25-11-10-24(29(28(18)25)26(35)13-22-8-6-19(2)39-22)23-9-7-21(12-27(23)37-5)38-30(36)20-15-32-17-33-16-20/h6-12,14-17,26,34-35H,13H2,1-5H3. The van der Waals surface area contributed by atoms with Gasteiger partial charge in [-0.3, -0.25) is 0 Å². The zero-order valence-corrected chi connectivity index (χ0v) is 23.4. The number of hydrogen-bond donors (Lipinski definition) is 2. The molecular formula is C31H31N3O4S. The average Bonchev–Trinajstić information content (AvgIpc) is 3.32. The molecular weight excluding hydrogens is 510 g/mol. The molecule has 1 atom stereocenters. The van der Waals surface area contributed by atoms with Crippen molar-refractivity contribution in [3.63, 3.8) is 0 Å². The van der Waals surface area contributed by atoms with E-state index in [4.69, 9.17) is 9.47 Å². The maximum Gasteiger partial charge on any atom is 0.346 e. The highest BCUT2D eigenvalue weighted by atomic mass is 32.1. The van der Waals surface area contributed by atoms with E-state index in [1.807, 2.05) is 12.1 Å². The highest BCUT2D eigenvalue weighted by Crippen LogP contribution is 2.46. The molecule has 0 bridgehead atoms. The Labute approximate surface area is 232 Å². The summed E-state index contributed by atoms with van der Waals surface area (Å²) in [5, 5.41) is 15.3. The van der Waals surface area contributed by atoms with Crippen molar-refractivity contribution >= 4 is 28.6 Å². The topological polar surface area (TPSA) is 93.6 Å². The van der Waals surface area contributed by atoms with Crippen LogP contribution in [0.1, 0.15) is 58.1 Å². The number of aromatic nitrogens is 2. The number of nitrogens with zero attached hydrogens (tertiary/aromatic N) is 2. The fourth-order valence-corrected chi connectivity index (χ4v) is 6.07. The second kappa shape index (κ2) is 10.6. The lowest BCUT2D eigenvalue weighted by atomic mass is 9.82. The van der Waals surface area contributed by atoms with E-state index in [0.717, 1.165) is 38.4 Å². The molecule has 5 rings (SSSR count). The summed E-state index contributed by atoms with van der Waals surface area (Å²) in [6.45, 7) is 8.41. The third kappa shape index (κ3) is 5.57. The number of esters is 1. The Hall–Kier alpha value is -4.01. The number of hydrogen-bond acceptors (Lipinski definition) is 8. The molecule has 200 valence electrons. The molecule has 0 saturated heterocycles. The number of methoxy groups -OCH3 is 1. The molecule has 39 heavy (non-hydrogen) atoms. The number of ether oxygens (including phenoxy) is 2. The number of allylic oxidation sites excluding steroid dienone is 1. The van der Waals surface area contributed by atoms with E-state index in [9.17, 15) is 9.90 Å². The number of aliphatic hydroxyl groups is 1. The summed E-state index contributed by atoms with van der Waals surface area (Å²) < 4.78 is 11.3. The van der Waals surface area contributed by atoms with Crippen LogP contribution in [0.4, 0.5) is 5.69 Å². The summed E-state index contributed by atoms with van der Waals surface area (Å²) in [7, 11) is 1.58. The number of aryl methyl sites for hydroxylation is 1. The molecule has 1 unspecified atom stereocenters. The molecule has 2 aromatic carbocycles. The second-order valence-electron chi connectivity index (χ2n) is 10.2. The van der Waals surface area contributed by atoms with E-state index < -0.39 is 12.1 Å². The SMILES string of the molecule is COc1cc(OC(=O)c2cncnc2)ccc1-c1ccc2c(c1C(O)Cc1ccc(C)s1)C(C)=CC(C)(C)N2. The van der Waals surface area contributed by atoms with E-state index in [0.29, 0.717) is 17.9 Å². The number of anilines is 1. The van der Waals surface area contributed by atoms with Gasteiger partial charge in [-0.15, -0.1) is 11.3 Å². The number of benzene rings is 2. The Morgan fingerprint density at radius 1 is 1.08 bits per heavy atom. The number of fused-ring (bicyclic) bond motifs is 1. The first-order chi connectivity index (χ1) is 18.6. The van der Waals surface area contributed by atoms with Crippen LogP contribution in [0.15, 0.2) is 67.3 Å². The van der Waals surface area contributed by atoms with E-state index in [1.54, 1.807) is 30.6 Å². The highest BCUT2D eigenvalue weighted by Gasteiger charge is 2.29. The predicted octanol–water partition coefficient (Wildman–Crippen LogP) is 6.62. The average molecular weight is 542 g/mol. The first-order valence-electron chi connectivity index (χ1n) is 12.7. The fraction of sp³-hybridized carbons (Fsp3) is 0.258. The van der Waals surface area contributed by atoms with Crippen LogP contribution in [0.5, 0.6) is 11.5 Å². The van der Waals surface area contributed by atoms with Crippen molar-refractivity contribution in [2.24, 2.45) is 0 Å². The minimum absolute atomic E-state index is 0.210. The molecule has 0 amide bonds. The van der Waals surface area contributed by atoms with Gasteiger partial charge in [0, 0.05) is 51.4 Å². The molecule has 2 N–H and O–H groups in total. The molecule has 0 spiro atoms. The molecule has 7 nitrogen and oxygen atoms in total. The third-order valence-electron chi connectivity index (χ3n) is 6.67. The number of aliphatic hydroxyl groups excluding tert-OH is 1. The molecule has 1 aliphatic heterocycles. The maximum atomic E-state index is 12.5. The summed E-state index contributed by atoms with van der Waals surface area (Å²) in [6.07, 6.45) is 6.10. The van der Waals surface area contributed by atoms with Gasteiger partial charge in [-0.2, -0.15) is 0 Å². The fourth-order valence-electron chi connectivity index (χ4n) is 5.14. The summed E-state index contributed by atoms with van der Waals surface area (Å²) in [5.74, 6) is 0.296. The van der Waals surface area contributed by atoms with Crippen molar-refractivity contribution < 1.29 is 19.4 Å². The second-order valence-corrected chi connectivity index (χ2v) is 11.6. The number of thiophene rings is 1. The van der Waals surface area contributed by atoms with Crippen LogP contribution in [-0.2, 0) is 6.42 Å². The Bertz CT molecular complexity index is 1560. The van der Waals surface area contributed by atoms with Crippen molar-refractivity contribution in [2.45, 2.75) is 45.8 Å². The minimum atomic E-state index is -0.750. The van der Waals surface area contributed by atoms with Gasteiger partial charge in [0.15, 0.2) is 0 Å². The summed E-state index contributed by atoms with van der Waals surface area (Å²) in [6, 6.07) is 13.5. The van der Waals surface area contributed by atoms with Gasteiger partial charge in [-0.05, 0) is 74.7 Å². The lowest BCUT2D eigenvalue weighted by Crippen LogP contribution is -2.32. The van der Waals surface area contributed by atoms with Gasteiger partial charge < -0.3 is 19.9 Å². The number of carbonyl (C=O) groups excluding carboxylic acids is 1. The molecule has 4 aromatic rings. The van der Waals surface area contributed by atoms with Crippen LogP contribution in [0.25, 0.3) is 16.7 Å². The summed E-state index contributed by atoms with van der Waals surface area (Å²) >= 11 is 1.69. The van der Waals surface area contributed by atoms with E-state index in [2.05, 4.69) is 67.3 Å². The van der Waals surface area contributed by atoms with Crippen LogP contribution < -0.4 is 14.8 Å². The van der Waals surface area contributed by atoms with Gasteiger partial charge in [0.25, 0.3) is 0 Å². The van der Waals surface area contributed by atoms with Gasteiger partial charge >= 0.3 is 5.97 Å². The molecule has 8 heteroatoms. The highest BCUT2D eigenvalue weighted by molar-refractivity contribution is 7.11. The minimum Gasteiger partial charge on any atom is -0.496 e. The largest absolute Gasteiger partial charge is 0.496 e. The van der Waals surface area contributed by atoms with Gasteiger partial charge in [-0.1, -0.05) is 12.1 Å². The maximum absolute atomic E-state index is 12.5. The molecule has 0 saturated carbocycles. The van der Waals surface area contributed by atoms with Gasteiger partial charge in [0.1, 0.15) is 17.8 Å². The molecule has 2 aromatic heterocycles. The molecule has 3 heterocycles. The van der Waals surface area contributed by atoms with E-state index >= 15 is 0 Å². The van der Waals surface area contributed by atoms with Gasteiger partial charge in [-0.25, -0.2) is 14.8 Å². The lowest BCUT2D eigenvalue weighted by molar-refractivity contribution is 0.0733. The van der Waals surface area contributed by atoms with E-state index in [-0.39, 0.29) is 11.1 Å². The van der Waals surface area contributed by atoms with Crippen molar-refractivity contribution in [3.8, 4) is 22.6 Å². The first kappa shape index (κ1) is 26.6. The third-order valence-corrected chi connectivity index (χ3v) is 7.69. The zero-order chi connectivity index (χ0) is 27.7. The van der Waals surface area contributed by atoms with Crippen molar-refractivity contribution in [2.75, 3.05) is 12.4 Å². The van der Waals surface area contributed by atoms with Crippen LogP contribution in [0.3, 0.4) is 0 Å². The number of carbonyl (C=O) groups is 1. The smallest absolute Gasteiger partial charge is 0.346 e. The van der Waals surface area contributed by atoms with Crippen molar-refractivity contribution in [3.05, 3.63) is 93.7 Å². The normalized spacial score (nSPS) is 14.6. The van der Waals surface area contributed by atoms with E-state index in [1.165, 1.54) is 23.6 Å². The molecule has 1 aliphatic rings. The summed E-state index contributed by atoms with van der Waals surface area (Å²) in [4.78, 5) is 22.6.